The highest BCUT2D eigenvalue weighted by Crippen LogP contribution is 2.25. The molecule has 2 rings (SSSR count). The summed E-state index contributed by atoms with van der Waals surface area (Å²) in [5.74, 6) is 0.129. The average molecular weight is 389 g/mol. The number of hydrogen-bond acceptors (Lipinski definition) is 2. The minimum absolute atomic E-state index is 0.129. The van der Waals surface area contributed by atoms with Crippen molar-refractivity contribution >= 4 is 37.6 Å². The molecule has 0 heterocycles. The molecular weight excluding hydrogens is 374 g/mol. The number of rotatable bonds is 5. The van der Waals surface area contributed by atoms with Gasteiger partial charge in [-0.1, -0.05) is 52.3 Å². The van der Waals surface area contributed by atoms with Gasteiger partial charge in [0.25, 0.3) is 0 Å². The maximum Gasteiger partial charge on any atom is 0.241 e. The van der Waals surface area contributed by atoms with E-state index in [-0.39, 0.29) is 10.8 Å². The maximum atomic E-state index is 12.5. The third kappa shape index (κ3) is 3.86. The molecule has 0 fully saturated rings. The number of alkyl halides is 1. The largest absolute Gasteiger partial charge is 0.241 e. The van der Waals surface area contributed by atoms with Gasteiger partial charge in [0, 0.05) is 10.4 Å². The van der Waals surface area contributed by atoms with Crippen molar-refractivity contribution in [3.63, 3.8) is 0 Å². The molecule has 1 atom stereocenters. The van der Waals surface area contributed by atoms with Gasteiger partial charge in [-0.05, 0) is 30.7 Å². The van der Waals surface area contributed by atoms with Gasteiger partial charge in [0.15, 0.2) is 0 Å². The number of nitrogens with one attached hydrogen (secondary N) is 1. The van der Waals surface area contributed by atoms with Gasteiger partial charge in [-0.25, -0.2) is 8.42 Å². The number of benzene rings is 2. The van der Waals surface area contributed by atoms with Crippen LogP contribution in [0.15, 0.2) is 64.0 Å². The summed E-state index contributed by atoms with van der Waals surface area (Å²) in [5, 5.41) is 0. The van der Waals surface area contributed by atoms with Crippen molar-refractivity contribution in [2.45, 2.75) is 17.4 Å². The molecule has 0 saturated heterocycles. The molecular formula is C15H15BrClNO2S. The summed E-state index contributed by atoms with van der Waals surface area (Å²) >= 11 is 9.31. The van der Waals surface area contributed by atoms with Crippen LogP contribution >= 0.6 is 27.5 Å². The van der Waals surface area contributed by atoms with Crippen molar-refractivity contribution in [2.75, 3.05) is 5.88 Å². The van der Waals surface area contributed by atoms with Gasteiger partial charge >= 0.3 is 0 Å². The van der Waals surface area contributed by atoms with Crippen LogP contribution in [0.2, 0.25) is 0 Å². The fourth-order valence-corrected chi connectivity index (χ4v) is 4.25. The molecule has 3 nitrogen and oxygen atoms in total. The van der Waals surface area contributed by atoms with Crippen LogP contribution in [-0.2, 0) is 15.6 Å². The van der Waals surface area contributed by atoms with E-state index in [1.54, 1.807) is 31.2 Å². The van der Waals surface area contributed by atoms with E-state index in [4.69, 9.17) is 11.6 Å². The summed E-state index contributed by atoms with van der Waals surface area (Å²) in [6.07, 6.45) is 0. The van der Waals surface area contributed by atoms with E-state index < -0.39 is 15.6 Å². The zero-order chi connectivity index (χ0) is 15.5. The molecule has 112 valence electrons. The lowest BCUT2D eigenvalue weighted by atomic mass is 9.96. The number of hydrogen-bond donors (Lipinski definition) is 1. The Labute approximate surface area is 138 Å². The van der Waals surface area contributed by atoms with Crippen LogP contribution in [0, 0.1) is 0 Å². The first-order chi connectivity index (χ1) is 9.87. The van der Waals surface area contributed by atoms with Gasteiger partial charge < -0.3 is 0 Å². The van der Waals surface area contributed by atoms with Gasteiger partial charge in [0.2, 0.25) is 10.0 Å². The fourth-order valence-electron chi connectivity index (χ4n) is 1.96. The molecule has 0 amide bonds. The Morgan fingerprint density at radius 1 is 1.14 bits per heavy atom. The Bertz CT molecular complexity index is 721. The van der Waals surface area contributed by atoms with Gasteiger partial charge in [-0.2, -0.15) is 4.72 Å². The molecule has 0 aromatic heterocycles. The van der Waals surface area contributed by atoms with E-state index in [9.17, 15) is 8.42 Å². The van der Waals surface area contributed by atoms with Gasteiger partial charge in [-0.3, -0.25) is 0 Å². The van der Waals surface area contributed by atoms with Gasteiger partial charge in [0.1, 0.15) is 0 Å². The zero-order valence-corrected chi connectivity index (χ0v) is 14.5. The molecule has 0 radical (unpaired) electrons. The first kappa shape index (κ1) is 16.5. The van der Waals surface area contributed by atoms with Crippen LogP contribution in [0.4, 0.5) is 0 Å². The standard InChI is InChI=1S/C15H15BrClNO2S/c1-15(11-17,12-6-3-2-4-7-12)18-21(19,20)14-9-5-8-13(16)10-14/h2-10,18H,11H2,1H3. The summed E-state index contributed by atoms with van der Waals surface area (Å²) in [4.78, 5) is 0.198. The molecule has 1 N–H and O–H groups in total. The van der Waals surface area contributed by atoms with Crippen molar-refractivity contribution in [3.05, 3.63) is 64.6 Å². The molecule has 0 bridgehead atoms. The molecule has 2 aromatic rings. The number of halogens is 2. The zero-order valence-electron chi connectivity index (χ0n) is 11.4. The second-order valence-electron chi connectivity index (χ2n) is 4.89. The predicted octanol–water partition coefficient (Wildman–Crippen LogP) is 3.88. The van der Waals surface area contributed by atoms with Gasteiger partial charge in [0.05, 0.1) is 10.4 Å². The minimum atomic E-state index is -3.67. The molecule has 0 saturated carbocycles. The second kappa shape index (κ2) is 6.48. The topological polar surface area (TPSA) is 46.2 Å². The summed E-state index contributed by atoms with van der Waals surface area (Å²) < 4.78 is 28.5. The third-order valence-corrected chi connectivity index (χ3v) is 5.77. The maximum absolute atomic E-state index is 12.5. The van der Waals surface area contributed by atoms with Crippen molar-refractivity contribution in [1.29, 1.82) is 0 Å². The van der Waals surface area contributed by atoms with Crippen LogP contribution in [-0.4, -0.2) is 14.3 Å². The molecule has 6 heteroatoms. The summed E-state index contributed by atoms with van der Waals surface area (Å²) in [7, 11) is -3.67. The molecule has 1 unspecified atom stereocenters. The third-order valence-electron chi connectivity index (χ3n) is 3.14. The lowest BCUT2D eigenvalue weighted by molar-refractivity contribution is 0.477. The summed E-state index contributed by atoms with van der Waals surface area (Å²) in [5.41, 5.74) is -0.0529. The van der Waals surface area contributed by atoms with Crippen LogP contribution in [0.25, 0.3) is 0 Å². The van der Waals surface area contributed by atoms with Crippen LogP contribution < -0.4 is 4.72 Å². The van der Waals surface area contributed by atoms with E-state index in [2.05, 4.69) is 20.7 Å². The monoisotopic (exact) mass is 387 g/mol. The molecule has 0 aliphatic rings. The first-order valence-electron chi connectivity index (χ1n) is 6.28. The van der Waals surface area contributed by atoms with E-state index in [1.165, 1.54) is 0 Å². The Morgan fingerprint density at radius 2 is 1.81 bits per heavy atom. The lowest BCUT2D eigenvalue weighted by Gasteiger charge is -2.29. The van der Waals surface area contributed by atoms with E-state index in [0.29, 0.717) is 4.47 Å². The fraction of sp³-hybridized carbons (Fsp3) is 0.200. The van der Waals surface area contributed by atoms with Crippen molar-refractivity contribution in [3.8, 4) is 0 Å². The smallest absolute Gasteiger partial charge is 0.207 e. The van der Waals surface area contributed by atoms with Crippen LogP contribution in [0.1, 0.15) is 12.5 Å². The molecule has 2 aromatic carbocycles. The van der Waals surface area contributed by atoms with Gasteiger partial charge in [-0.15, -0.1) is 11.6 Å². The van der Waals surface area contributed by atoms with Crippen molar-refractivity contribution < 1.29 is 8.42 Å². The first-order valence-corrected chi connectivity index (χ1v) is 9.09. The SMILES string of the molecule is CC(CCl)(NS(=O)(=O)c1cccc(Br)c1)c1ccccc1. The molecule has 21 heavy (non-hydrogen) atoms. The highest BCUT2D eigenvalue weighted by Gasteiger charge is 2.31. The Hall–Kier alpha value is -0.880. The Balaban J connectivity index is 2.38. The van der Waals surface area contributed by atoms with E-state index >= 15 is 0 Å². The van der Waals surface area contributed by atoms with E-state index in [0.717, 1.165) is 5.56 Å². The van der Waals surface area contributed by atoms with E-state index in [1.807, 2.05) is 30.3 Å². The molecule has 0 aliphatic heterocycles. The van der Waals surface area contributed by atoms with Crippen molar-refractivity contribution in [2.24, 2.45) is 0 Å². The quantitative estimate of drug-likeness (QED) is 0.790. The lowest BCUT2D eigenvalue weighted by Crippen LogP contribution is -2.44. The predicted molar refractivity (Wildman–Crippen MR) is 89.0 cm³/mol. The second-order valence-corrected chi connectivity index (χ2v) is 7.76. The van der Waals surface area contributed by atoms with Crippen LogP contribution in [0.5, 0.6) is 0 Å². The summed E-state index contributed by atoms with van der Waals surface area (Å²) in [6, 6.07) is 15.9. The number of sulfonamides is 1. The average Bonchev–Trinajstić information content (AvgIpc) is 2.47. The Kier molecular flexibility index (Phi) is 5.09. The molecule has 0 aliphatic carbocycles. The Morgan fingerprint density at radius 3 is 2.38 bits per heavy atom. The normalized spacial score (nSPS) is 14.6. The summed E-state index contributed by atoms with van der Waals surface area (Å²) in [6.45, 7) is 1.77. The highest BCUT2D eigenvalue weighted by molar-refractivity contribution is 9.10. The molecule has 0 spiro atoms. The highest BCUT2D eigenvalue weighted by atomic mass is 79.9. The minimum Gasteiger partial charge on any atom is -0.207 e. The van der Waals surface area contributed by atoms with Crippen LogP contribution in [0.3, 0.4) is 0 Å². The van der Waals surface area contributed by atoms with Crippen molar-refractivity contribution in [1.82, 2.24) is 4.72 Å².